The average molecular weight is 254 g/mol. The van der Waals surface area contributed by atoms with E-state index in [9.17, 15) is 9.90 Å². The summed E-state index contributed by atoms with van der Waals surface area (Å²) in [5, 5.41) is 9.62. The molecule has 0 aliphatic rings. The van der Waals surface area contributed by atoms with Gasteiger partial charge in [0.15, 0.2) is 0 Å². The van der Waals surface area contributed by atoms with Crippen LogP contribution in [0.2, 0.25) is 5.02 Å². The number of carbonyl (C=O) groups is 1. The Balaban J connectivity index is 3.34. The number of carboxylic acids is 1. The third-order valence-electron chi connectivity index (χ3n) is 2.45. The largest absolute Gasteiger partial charge is 0.478 e. The van der Waals surface area contributed by atoms with Crippen molar-refractivity contribution in [2.24, 2.45) is 0 Å². The molecule has 4 heteroatoms. The van der Waals surface area contributed by atoms with E-state index in [0.29, 0.717) is 17.3 Å². The molecule has 1 aromatic rings. The van der Waals surface area contributed by atoms with Gasteiger partial charge in [-0.05, 0) is 26.0 Å². The lowest BCUT2D eigenvalue weighted by Crippen LogP contribution is -2.32. The van der Waals surface area contributed by atoms with E-state index in [0.717, 1.165) is 0 Å². The Morgan fingerprint density at radius 3 is 2.71 bits per heavy atom. The molecule has 0 heterocycles. The van der Waals surface area contributed by atoms with E-state index < -0.39 is 5.97 Å². The monoisotopic (exact) mass is 253 g/mol. The summed E-state index contributed by atoms with van der Waals surface area (Å²) in [4.78, 5) is 13.1. The van der Waals surface area contributed by atoms with Crippen molar-refractivity contribution in [3.05, 3.63) is 41.4 Å². The zero-order valence-electron chi connectivity index (χ0n) is 9.98. The lowest BCUT2D eigenvalue weighted by atomic mass is 10.1. The maximum Gasteiger partial charge on any atom is 0.337 e. The Labute approximate surface area is 106 Å². The number of para-hydroxylation sites is 1. The Bertz CT molecular complexity index is 429. The van der Waals surface area contributed by atoms with Gasteiger partial charge in [0, 0.05) is 12.6 Å². The number of aromatic carboxylic acids is 1. The fraction of sp³-hybridized carbons (Fsp3) is 0.308. The molecule has 0 amide bonds. The van der Waals surface area contributed by atoms with Crippen LogP contribution in [0.15, 0.2) is 30.9 Å². The average Bonchev–Trinajstić information content (AvgIpc) is 2.25. The highest BCUT2D eigenvalue weighted by Gasteiger charge is 2.20. The standard InChI is InChI=1S/C13H16ClNO2/c1-4-8-15(9(2)3)12-10(13(16)17)6-5-7-11(12)14/h4-7,9H,1,8H2,2-3H3,(H,16,17). The molecule has 1 rings (SSSR count). The Hall–Kier alpha value is -1.48. The predicted octanol–water partition coefficient (Wildman–Crippen LogP) is 3.44. The van der Waals surface area contributed by atoms with Crippen LogP contribution in [0.5, 0.6) is 0 Å². The molecule has 0 saturated heterocycles. The van der Waals surface area contributed by atoms with Gasteiger partial charge in [-0.15, -0.1) is 6.58 Å². The molecule has 0 saturated carbocycles. The number of halogens is 1. The molecule has 17 heavy (non-hydrogen) atoms. The number of carboxylic acid groups (broad SMARTS) is 1. The molecular formula is C13H16ClNO2. The summed E-state index contributed by atoms with van der Waals surface area (Å²) in [5.74, 6) is -0.975. The van der Waals surface area contributed by atoms with Gasteiger partial charge in [-0.3, -0.25) is 0 Å². The topological polar surface area (TPSA) is 40.5 Å². The number of benzene rings is 1. The van der Waals surface area contributed by atoms with Crippen molar-refractivity contribution in [3.63, 3.8) is 0 Å². The van der Waals surface area contributed by atoms with E-state index in [4.69, 9.17) is 11.6 Å². The molecule has 0 bridgehead atoms. The minimum Gasteiger partial charge on any atom is -0.478 e. The summed E-state index contributed by atoms with van der Waals surface area (Å²) < 4.78 is 0. The summed E-state index contributed by atoms with van der Waals surface area (Å²) in [6.45, 7) is 8.21. The molecule has 0 radical (unpaired) electrons. The van der Waals surface area contributed by atoms with Gasteiger partial charge in [0.05, 0.1) is 16.3 Å². The summed E-state index contributed by atoms with van der Waals surface area (Å²) >= 11 is 6.11. The number of hydrogen-bond donors (Lipinski definition) is 1. The molecular weight excluding hydrogens is 238 g/mol. The van der Waals surface area contributed by atoms with Crippen LogP contribution in [-0.2, 0) is 0 Å². The van der Waals surface area contributed by atoms with Gasteiger partial charge in [-0.25, -0.2) is 4.79 Å². The van der Waals surface area contributed by atoms with Crippen LogP contribution in [0.1, 0.15) is 24.2 Å². The van der Waals surface area contributed by atoms with Gasteiger partial charge in [0.25, 0.3) is 0 Å². The second-order valence-electron chi connectivity index (χ2n) is 3.98. The molecule has 0 aliphatic carbocycles. The van der Waals surface area contributed by atoms with Crippen LogP contribution in [0, 0.1) is 0 Å². The smallest absolute Gasteiger partial charge is 0.337 e. The summed E-state index contributed by atoms with van der Waals surface area (Å²) in [7, 11) is 0. The van der Waals surface area contributed by atoms with Gasteiger partial charge < -0.3 is 10.0 Å². The van der Waals surface area contributed by atoms with Gasteiger partial charge in [-0.1, -0.05) is 23.7 Å². The van der Waals surface area contributed by atoms with Crippen molar-refractivity contribution in [1.82, 2.24) is 0 Å². The summed E-state index contributed by atoms with van der Waals surface area (Å²) in [6, 6.07) is 5.04. The zero-order valence-corrected chi connectivity index (χ0v) is 10.7. The molecule has 3 nitrogen and oxygen atoms in total. The molecule has 0 unspecified atom stereocenters. The van der Waals surface area contributed by atoms with Crippen molar-refractivity contribution >= 4 is 23.3 Å². The van der Waals surface area contributed by atoms with Crippen LogP contribution < -0.4 is 4.90 Å². The molecule has 0 aliphatic heterocycles. The van der Waals surface area contributed by atoms with Crippen LogP contribution in [0.4, 0.5) is 5.69 Å². The quantitative estimate of drug-likeness (QED) is 0.818. The number of hydrogen-bond acceptors (Lipinski definition) is 2. The highest BCUT2D eigenvalue weighted by atomic mass is 35.5. The number of rotatable bonds is 5. The Kier molecular flexibility index (Phi) is 4.58. The Morgan fingerprint density at radius 1 is 1.59 bits per heavy atom. The maximum atomic E-state index is 11.2. The van der Waals surface area contributed by atoms with Crippen LogP contribution in [0.3, 0.4) is 0 Å². The lowest BCUT2D eigenvalue weighted by molar-refractivity contribution is 0.0697. The Morgan fingerprint density at radius 2 is 2.24 bits per heavy atom. The lowest BCUT2D eigenvalue weighted by Gasteiger charge is -2.29. The van der Waals surface area contributed by atoms with E-state index in [1.54, 1.807) is 24.3 Å². The highest BCUT2D eigenvalue weighted by Crippen LogP contribution is 2.31. The number of anilines is 1. The third-order valence-corrected chi connectivity index (χ3v) is 2.76. The van der Waals surface area contributed by atoms with E-state index in [1.807, 2.05) is 18.7 Å². The third kappa shape index (κ3) is 3.01. The van der Waals surface area contributed by atoms with Crippen LogP contribution in [-0.4, -0.2) is 23.7 Å². The second-order valence-corrected chi connectivity index (χ2v) is 4.38. The van der Waals surface area contributed by atoms with Gasteiger partial charge >= 0.3 is 5.97 Å². The predicted molar refractivity (Wildman–Crippen MR) is 71.1 cm³/mol. The second kappa shape index (κ2) is 5.73. The first kappa shape index (κ1) is 13.6. The van der Waals surface area contributed by atoms with Crippen molar-refractivity contribution < 1.29 is 9.90 Å². The maximum absolute atomic E-state index is 11.2. The normalized spacial score (nSPS) is 10.4. The van der Waals surface area contributed by atoms with Gasteiger partial charge in [0.2, 0.25) is 0 Å². The fourth-order valence-electron chi connectivity index (χ4n) is 1.68. The first-order chi connectivity index (χ1) is 7.99. The minimum atomic E-state index is -0.975. The molecule has 0 fully saturated rings. The van der Waals surface area contributed by atoms with Crippen molar-refractivity contribution in [3.8, 4) is 0 Å². The van der Waals surface area contributed by atoms with Crippen molar-refractivity contribution in [2.75, 3.05) is 11.4 Å². The van der Waals surface area contributed by atoms with E-state index in [1.165, 1.54) is 0 Å². The van der Waals surface area contributed by atoms with E-state index in [2.05, 4.69) is 6.58 Å². The van der Waals surface area contributed by atoms with Crippen molar-refractivity contribution in [1.29, 1.82) is 0 Å². The molecule has 92 valence electrons. The highest BCUT2D eigenvalue weighted by molar-refractivity contribution is 6.34. The molecule has 1 aromatic carbocycles. The van der Waals surface area contributed by atoms with Gasteiger partial charge in [-0.2, -0.15) is 0 Å². The first-order valence-corrected chi connectivity index (χ1v) is 5.76. The zero-order chi connectivity index (χ0) is 13.0. The molecule has 0 aromatic heterocycles. The van der Waals surface area contributed by atoms with Crippen LogP contribution in [0.25, 0.3) is 0 Å². The van der Waals surface area contributed by atoms with E-state index >= 15 is 0 Å². The SMILES string of the molecule is C=CCN(c1c(Cl)cccc1C(=O)O)C(C)C. The molecule has 1 N–H and O–H groups in total. The first-order valence-electron chi connectivity index (χ1n) is 5.38. The number of nitrogens with zero attached hydrogens (tertiary/aromatic N) is 1. The van der Waals surface area contributed by atoms with Crippen molar-refractivity contribution in [2.45, 2.75) is 19.9 Å². The summed E-state index contributed by atoms with van der Waals surface area (Å²) in [5.41, 5.74) is 0.768. The summed E-state index contributed by atoms with van der Waals surface area (Å²) in [6.07, 6.45) is 1.73. The molecule has 0 spiro atoms. The molecule has 0 atom stereocenters. The fourth-order valence-corrected chi connectivity index (χ4v) is 1.96. The minimum absolute atomic E-state index is 0.144. The van der Waals surface area contributed by atoms with Crippen LogP contribution >= 0.6 is 11.6 Å². The van der Waals surface area contributed by atoms with Gasteiger partial charge in [0.1, 0.15) is 0 Å². The van der Waals surface area contributed by atoms with E-state index in [-0.39, 0.29) is 11.6 Å².